The fraction of sp³-hybridized carbons (Fsp3) is 0.350. The van der Waals surface area contributed by atoms with Crippen LogP contribution in [0.5, 0.6) is 5.88 Å². The number of aromatic nitrogens is 2. The average Bonchev–Trinajstić information content (AvgIpc) is 2.94. The highest BCUT2D eigenvalue weighted by Crippen LogP contribution is 2.36. The molecule has 1 aromatic carbocycles. The van der Waals surface area contributed by atoms with Gasteiger partial charge in [0.05, 0.1) is 18.4 Å². The molecule has 4 heteroatoms. The lowest BCUT2D eigenvalue weighted by molar-refractivity contribution is 0.399. The zero-order valence-corrected chi connectivity index (χ0v) is 14.6. The molecule has 0 aliphatic rings. The van der Waals surface area contributed by atoms with Crippen molar-refractivity contribution >= 4 is 10.9 Å². The number of methoxy groups -OCH3 is 1. The SMILES string of the molecule is COc1ncccc1-c1[nH]c2c(C)cc(C)cc2c1CCCCN. The van der Waals surface area contributed by atoms with Crippen molar-refractivity contribution in [3.63, 3.8) is 0 Å². The van der Waals surface area contributed by atoms with Gasteiger partial charge in [-0.25, -0.2) is 4.98 Å². The molecular formula is C20H25N3O. The fourth-order valence-electron chi connectivity index (χ4n) is 3.39. The minimum absolute atomic E-state index is 0.651. The quantitative estimate of drug-likeness (QED) is 0.670. The lowest BCUT2D eigenvalue weighted by Crippen LogP contribution is -1.99. The van der Waals surface area contributed by atoms with Gasteiger partial charge in [-0.3, -0.25) is 0 Å². The summed E-state index contributed by atoms with van der Waals surface area (Å²) in [6.07, 6.45) is 4.86. The molecule has 2 aromatic heterocycles. The molecule has 0 aliphatic heterocycles. The summed E-state index contributed by atoms with van der Waals surface area (Å²) in [5.74, 6) is 0.651. The number of nitrogens with two attached hydrogens (primary N) is 1. The normalized spacial score (nSPS) is 11.2. The number of H-pyrrole nitrogens is 1. The van der Waals surface area contributed by atoms with Crippen LogP contribution in [0.2, 0.25) is 0 Å². The van der Waals surface area contributed by atoms with Crippen LogP contribution in [0.25, 0.3) is 22.2 Å². The Hall–Kier alpha value is -2.33. The standard InChI is InChI=1S/C20H25N3O/c1-13-11-14(2)18-17(12-13)15(7-4-5-9-21)19(23-18)16-8-6-10-22-20(16)24-3/h6,8,10-12,23H,4-5,7,9,21H2,1-3H3. The first-order valence-corrected chi connectivity index (χ1v) is 8.47. The van der Waals surface area contributed by atoms with Gasteiger partial charge in [0.25, 0.3) is 0 Å². The zero-order chi connectivity index (χ0) is 17.1. The predicted octanol–water partition coefficient (Wildman–Crippen LogP) is 4.14. The molecule has 0 atom stereocenters. The van der Waals surface area contributed by atoms with Gasteiger partial charge in [-0.1, -0.05) is 11.6 Å². The zero-order valence-electron chi connectivity index (χ0n) is 14.6. The average molecular weight is 323 g/mol. The molecule has 3 N–H and O–H groups in total. The van der Waals surface area contributed by atoms with Gasteiger partial charge in [0.2, 0.25) is 5.88 Å². The molecular weight excluding hydrogens is 298 g/mol. The van der Waals surface area contributed by atoms with E-state index in [1.807, 2.05) is 6.07 Å². The van der Waals surface area contributed by atoms with Crippen molar-refractivity contribution in [2.75, 3.05) is 13.7 Å². The van der Waals surface area contributed by atoms with Crippen LogP contribution in [0.3, 0.4) is 0 Å². The number of pyridine rings is 1. The number of fused-ring (bicyclic) bond motifs is 1. The van der Waals surface area contributed by atoms with Crippen LogP contribution in [0.1, 0.15) is 29.5 Å². The molecule has 24 heavy (non-hydrogen) atoms. The summed E-state index contributed by atoms with van der Waals surface area (Å²) in [5.41, 5.74) is 12.9. The maximum absolute atomic E-state index is 5.69. The molecule has 3 aromatic rings. The van der Waals surface area contributed by atoms with Crippen LogP contribution >= 0.6 is 0 Å². The van der Waals surface area contributed by atoms with Crippen molar-refractivity contribution in [2.45, 2.75) is 33.1 Å². The summed E-state index contributed by atoms with van der Waals surface area (Å²) in [6, 6.07) is 8.49. The number of hydrogen-bond acceptors (Lipinski definition) is 3. The second kappa shape index (κ2) is 7.05. The third-order valence-corrected chi connectivity index (χ3v) is 4.47. The minimum atomic E-state index is 0.651. The number of rotatable bonds is 6. The molecule has 0 radical (unpaired) electrons. The van der Waals surface area contributed by atoms with Gasteiger partial charge in [0.1, 0.15) is 0 Å². The number of aromatic amines is 1. The van der Waals surface area contributed by atoms with E-state index in [4.69, 9.17) is 10.5 Å². The maximum atomic E-state index is 5.69. The molecule has 4 nitrogen and oxygen atoms in total. The van der Waals surface area contributed by atoms with Crippen molar-refractivity contribution in [2.24, 2.45) is 5.73 Å². The summed E-state index contributed by atoms with van der Waals surface area (Å²) in [7, 11) is 1.66. The summed E-state index contributed by atoms with van der Waals surface area (Å²) in [6.45, 7) is 5.03. The van der Waals surface area contributed by atoms with Crippen molar-refractivity contribution in [1.82, 2.24) is 9.97 Å². The first kappa shape index (κ1) is 16.5. The number of nitrogens with one attached hydrogen (secondary N) is 1. The molecule has 0 spiro atoms. The highest BCUT2D eigenvalue weighted by molar-refractivity contribution is 5.93. The van der Waals surface area contributed by atoms with Crippen LogP contribution in [0, 0.1) is 13.8 Å². The van der Waals surface area contributed by atoms with Gasteiger partial charge in [0.15, 0.2) is 0 Å². The molecule has 3 rings (SSSR count). The molecule has 0 saturated heterocycles. The van der Waals surface area contributed by atoms with E-state index < -0.39 is 0 Å². The Balaban J connectivity index is 2.22. The molecule has 0 unspecified atom stereocenters. The van der Waals surface area contributed by atoms with Crippen LogP contribution in [0.15, 0.2) is 30.5 Å². The topological polar surface area (TPSA) is 63.9 Å². The highest BCUT2D eigenvalue weighted by Gasteiger charge is 2.17. The van der Waals surface area contributed by atoms with Crippen LogP contribution < -0.4 is 10.5 Å². The van der Waals surface area contributed by atoms with Gasteiger partial charge in [-0.15, -0.1) is 0 Å². The first-order valence-electron chi connectivity index (χ1n) is 8.47. The van der Waals surface area contributed by atoms with Crippen LogP contribution in [-0.4, -0.2) is 23.6 Å². The van der Waals surface area contributed by atoms with Gasteiger partial charge in [0, 0.05) is 17.1 Å². The van der Waals surface area contributed by atoms with Crippen molar-refractivity contribution in [3.8, 4) is 17.1 Å². The molecule has 126 valence electrons. The smallest absolute Gasteiger partial charge is 0.222 e. The van der Waals surface area contributed by atoms with E-state index in [1.54, 1.807) is 13.3 Å². The second-order valence-electron chi connectivity index (χ2n) is 6.29. The molecule has 0 saturated carbocycles. The predicted molar refractivity (Wildman–Crippen MR) is 99.5 cm³/mol. The Bertz CT molecular complexity index is 851. The third-order valence-electron chi connectivity index (χ3n) is 4.47. The number of hydrogen-bond donors (Lipinski definition) is 2. The highest BCUT2D eigenvalue weighted by atomic mass is 16.5. The Kier molecular flexibility index (Phi) is 4.86. The van der Waals surface area contributed by atoms with E-state index in [0.29, 0.717) is 5.88 Å². The number of aryl methyl sites for hydroxylation is 3. The van der Waals surface area contributed by atoms with Gasteiger partial charge in [-0.2, -0.15) is 0 Å². The van der Waals surface area contributed by atoms with Crippen LogP contribution in [0.4, 0.5) is 0 Å². The Morgan fingerprint density at radius 2 is 2.04 bits per heavy atom. The van der Waals surface area contributed by atoms with Crippen molar-refractivity contribution < 1.29 is 4.74 Å². The van der Waals surface area contributed by atoms with E-state index in [0.717, 1.165) is 37.1 Å². The van der Waals surface area contributed by atoms with E-state index in [2.05, 4.69) is 42.0 Å². The van der Waals surface area contributed by atoms with Crippen molar-refractivity contribution in [3.05, 3.63) is 47.2 Å². The minimum Gasteiger partial charge on any atom is -0.481 e. The monoisotopic (exact) mass is 323 g/mol. The molecule has 0 aliphatic carbocycles. The summed E-state index contributed by atoms with van der Waals surface area (Å²) < 4.78 is 5.48. The number of unbranched alkanes of at least 4 members (excludes halogenated alkanes) is 1. The fourth-order valence-corrected chi connectivity index (χ4v) is 3.39. The number of nitrogens with zero attached hydrogens (tertiary/aromatic N) is 1. The van der Waals surface area contributed by atoms with Crippen LogP contribution in [-0.2, 0) is 6.42 Å². The Morgan fingerprint density at radius 1 is 1.21 bits per heavy atom. The van der Waals surface area contributed by atoms with E-state index >= 15 is 0 Å². The molecule has 2 heterocycles. The van der Waals surface area contributed by atoms with Gasteiger partial charge in [-0.05, 0) is 69.0 Å². The lowest BCUT2D eigenvalue weighted by Gasteiger charge is -2.08. The van der Waals surface area contributed by atoms with Crippen molar-refractivity contribution in [1.29, 1.82) is 0 Å². The maximum Gasteiger partial charge on any atom is 0.222 e. The summed E-state index contributed by atoms with van der Waals surface area (Å²) >= 11 is 0. The van der Waals surface area contributed by atoms with Gasteiger partial charge >= 0.3 is 0 Å². The first-order chi connectivity index (χ1) is 11.7. The van der Waals surface area contributed by atoms with E-state index in [9.17, 15) is 0 Å². The molecule has 0 amide bonds. The summed E-state index contributed by atoms with van der Waals surface area (Å²) in [5, 5.41) is 1.30. The molecule has 0 fully saturated rings. The Morgan fingerprint density at radius 3 is 2.79 bits per heavy atom. The third kappa shape index (κ3) is 3.02. The second-order valence-corrected chi connectivity index (χ2v) is 6.29. The van der Waals surface area contributed by atoms with E-state index in [-0.39, 0.29) is 0 Å². The number of benzene rings is 1. The lowest BCUT2D eigenvalue weighted by atomic mass is 9.99. The number of ether oxygens (including phenoxy) is 1. The summed E-state index contributed by atoms with van der Waals surface area (Å²) in [4.78, 5) is 7.99. The van der Waals surface area contributed by atoms with E-state index in [1.165, 1.54) is 27.6 Å². The molecule has 0 bridgehead atoms. The van der Waals surface area contributed by atoms with Gasteiger partial charge < -0.3 is 15.5 Å². The Labute approximate surface area is 143 Å². The largest absolute Gasteiger partial charge is 0.481 e.